The molecule has 0 atom stereocenters. The molecule has 234 valence electrons. The van der Waals surface area contributed by atoms with Gasteiger partial charge in [0.1, 0.15) is 11.2 Å². The molecular formula is C45H27N3OS. The van der Waals surface area contributed by atoms with E-state index >= 15 is 0 Å². The first kappa shape index (κ1) is 28.6. The zero-order valence-corrected chi connectivity index (χ0v) is 27.6. The molecule has 0 fully saturated rings. The number of para-hydroxylation sites is 1. The fraction of sp³-hybridized carbons (Fsp3) is 0. The minimum Gasteiger partial charge on any atom is -0.456 e. The number of aromatic nitrogens is 3. The fourth-order valence-electron chi connectivity index (χ4n) is 6.89. The van der Waals surface area contributed by atoms with E-state index in [4.69, 9.17) is 19.4 Å². The fourth-order valence-corrected chi connectivity index (χ4v) is 8.04. The molecule has 0 bridgehead atoms. The highest BCUT2D eigenvalue weighted by molar-refractivity contribution is 7.25. The molecule has 3 heterocycles. The van der Waals surface area contributed by atoms with Gasteiger partial charge in [-0.1, -0.05) is 133 Å². The summed E-state index contributed by atoms with van der Waals surface area (Å²) in [5, 5.41) is 4.52. The molecule has 10 aromatic rings. The summed E-state index contributed by atoms with van der Waals surface area (Å²) in [7, 11) is 0. The van der Waals surface area contributed by atoms with Crippen LogP contribution >= 0.6 is 11.3 Å². The summed E-state index contributed by atoms with van der Waals surface area (Å²) in [4.78, 5) is 15.5. The largest absolute Gasteiger partial charge is 0.456 e. The lowest BCUT2D eigenvalue weighted by molar-refractivity contribution is 0.669. The van der Waals surface area contributed by atoms with E-state index in [-0.39, 0.29) is 0 Å². The SMILES string of the molecule is c1ccc(-c2ccc(-c3cc(-c4nc(-c5ccccc5)nc(-c5ccc6c(c5)sc5ccccc56)n4)c4c(c3)oc3ccccc34)cc2)cc1. The number of fused-ring (bicyclic) bond motifs is 6. The van der Waals surface area contributed by atoms with Crippen LogP contribution in [-0.4, -0.2) is 15.0 Å². The molecule has 0 spiro atoms. The van der Waals surface area contributed by atoms with E-state index in [1.165, 1.54) is 31.3 Å². The Morgan fingerprint density at radius 1 is 0.360 bits per heavy atom. The van der Waals surface area contributed by atoms with Gasteiger partial charge in [0.05, 0.1) is 0 Å². The van der Waals surface area contributed by atoms with Crippen LogP contribution in [0.5, 0.6) is 0 Å². The molecule has 0 radical (unpaired) electrons. The van der Waals surface area contributed by atoms with Gasteiger partial charge < -0.3 is 4.42 Å². The van der Waals surface area contributed by atoms with Gasteiger partial charge in [-0.15, -0.1) is 11.3 Å². The first-order valence-corrected chi connectivity index (χ1v) is 17.4. The van der Waals surface area contributed by atoms with Crippen LogP contribution < -0.4 is 0 Å². The average molecular weight is 658 g/mol. The van der Waals surface area contributed by atoms with Crippen molar-refractivity contribution in [2.24, 2.45) is 0 Å². The van der Waals surface area contributed by atoms with E-state index in [0.717, 1.165) is 49.8 Å². The van der Waals surface area contributed by atoms with Crippen LogP contribution in [0.1, 0.15) is 0 Å². The second-order valence-electron chi connectivity index (χ2n) is 12.4. The molecule has 0 N–H and O–H groups in total. The van der Waals surface area contributed by atoms with Gasteiger partial charge in [-0.2, -0.15) is 0 Å². The highest BCUT2D eigenvalue weighted by atomic mass is 32.1. The standard InChI is InChI=1S/C45H27N3OS/c1-3-11-28(12-4-1)29-19-21-30(22-20-29)33-25-37(42-36-16-7-9-17-38(36)49-39(42)26-33)45-47-43(31-13-5-2-6-14-31)46-44(48-45)32-23-24-35-34-15-8-10-18-40(34)50-41(35)27-32/h1-27H. The van der Waals surface area contributed by atoms with Crippen LogP contribution in [0.2, 0.25) is 0 Å². The Labute approximate surface area is 292 Å². The molecule has 4 nitrogen and oxygen atoms in total. The highest BCUT2D eigenvalue weighted by Gasteiger charge is 2.20. The van der Waals surface area contributed by atoms with Crippen molar-refractivity contribution in [2.75, 3.05) is 0 Å². The molecule has 0 aliphatic heterocycles. The Bertz CT molecular complexity index is 2860. The third-order valence-corrected chi connectivity index (χ3v) is 10.5. The summed E-state index contributed by atoms with van der Waals surface area (Å²) < 4.78 is 8.98. The van der Waals surface area contributed by atoms with E-state index in [2.05, 4.69) is 109 Å². The van der Waals surface area contributed by atoms with Crippen LogP contribution in [0.3, 0.4) is 0 Å². The molecule has 0 amide bonds. The minimum atomic E-state index is 0.601. The number of furan rings is 1. The topological polar surface area (TPSA) is 51.8 Å². The maximum atomic E-state index is 6.51. The summed E-state index contributed by atoms with van der Waals surface area (Å²) in [6.45, 7) is 0. The minimum absolute atomic E-state index is 0.601. The molecule has 0 aliphatic carbocycles. The number of benzene rings is 7. The molecule has 10 rings (SSSR count). The van der Waals surface area contributed by atoms with E-state index in [1.807, 2.05) is 54.6 Å². The van der Waals surface area contributed by atoms with Gasteiger partial charge in [0, 0.05) is 47.6 Å². The van der Waals surface area contributed by atoms with Crippen LogP contribution in [0.25, 0.3) is 98.5 Å². The van der Waals surface area contributed by atoms with Crippen molar-refractivity contribution >= 4 is 53.4 Å². The summed E-state index contributed by atoms with van der Waals surface area (Å²) in [5.74, 6) is 1.86. The van der Waals surface area contributed by atoms with Gasteiger partial charge >= 0.3 is 0 Å². The first-order valence-electron chi connectivity index (χ1n) is 16.6. The lowest BCUT2D eigenvalue weighted by Crippen LogP contribution is -2.00. The Kier molecular flexibility index (Phi) is 6.64. The molecule has 3 aromatic heterocycles. The zero-order valence-electron chi connectivity index (χ0n) is 26.7. The maximum Gasteiger partial charge on any atom is 0.164 e. The number of nitrogens with zero attached hydrogens (tertiary/aromatic N) is 3. The Morgan fingerprint density at radius 2 is 0.920 bits per heavy atom. The van der Waals surface area contributed by atoms with Crippen molar-refractivity contribution in [3.05, 3.63) is 164 Å². The van der Waals surface area contributed by atoms with Gasteiger partial charge in [0.2, 0.25) is 0 Å². The zero-order chi connectivity index (χ0) is 33.0. The molecule has 0 saturated heterocycles. The van der Waals surface area contributed by atoms with Crippen molar-refractivity contribution in [2.45, 2.75) is 0 Å². The van der Waals surface area contributed by atoms with Crippen LogP contribution in [0.15, 0.2) is 168 Å². The highest BCUT2D eigenvalue weighted by Crippen LogP contribution is 2.41. The second-order valence-corrected chi connectivity index (χ2v) is 13.5. The van der Waals surface area contributed by atoms with Gasteiger partial charge in [-0.05, 0) is 52.6 Å². The van der Waals surface area contributed by atoms with Gasteiger partial charge in [-0.25, -0.2) is 15.0 Å². The van der Waals surface area contributed by atoms with Crippen molar-refractivity contribution in [1.29, 1.82) is 0 Å². The average Bonchev–Trinajstić information content (AvgIpc) is 3.76. The number of hydrogen-bond donors (Lipinski definition) is 0. The van der Waals surface area contributed by atoms with E-state index in [1.54, 1.807) is 11.3 Å². The predicted octanol–water partition coefficient (Wildman–Crippen LogP) is 12.5. The molecule has 0 saturated carbocycles. The molecule has 5 heteroatoms. The van der Waals surface area contributed by atoms with Crippen LogP contribution in [-0.2, 0) is 0 Å². The Balaban J connectivity index is 1.20. The Morgan fingerprint density at radius 3 is 1.70 bits per heavy atom. The van der Waals surface area contributed by atoms with Gasteiger partial charge in [-0.3, -0.25) is 0 Å². The first-order chi connectivity index (χ1) is 24.7. The third kappa shape index (κ3) is 4.87. The van der Waals surface area contributed by atoms with E-state index < -0.39 is 0 Å². The molecule has 7 aromatic carbocycles. The van der Waals surface area contributed by atoms with Crippen LogP contribution in [0.4, 0.5) is 0 Å². The third-order valence-electron chi connectivity index (χ3n) is 9.35. The summed E-state index contributed by atoms with van der Waals surface area (Å²) in [6.07, 6.45) is 0. The quantitative estimate of drug-likeness (QED) is 0.185. The summed E-state index contributed by atoms with van der Waals surface area (Å²) in [6, 6.07) is 56.9. The smallest absolute Gasteiger partial charge is 0.164 e. The monoisotopic (exact) mass is 657 g/mol. The van der Waals surface area contributed by atoms with Crippen molar-refractivity contribution in [3.63, 3.8) is 0 Å². The van der Waals surface area contributed by atoms with Gasteiger partial charge in [0.25, 0.3) is 0 Å². The number of hydrogen-bond acceptors (Lipinski definition) is 5. The van der Waals surface area contributed by atoms with Gasteiger partial charge in [0.15, 0.2) is 17.5 Å². The number of rotatable bonds is 5. The normalized spacial score (nSPS) is 11.6. The molecule has 50 heavy (non-hydrogen) atoms. The molecule has 0 aliphatic rings. The van der Waals surface area contributed by atoms with E-state index in [0.29, 0.717) is 17.5 Å². The molecular weight excluding hydrogens is 631 g/mol. The number of thiophene rings is 1. The van der Waals surface area contributed by atoms with Crippen molar-refractivity contribution in [3.8, 4) is 56.4 Å². The van der Waals surface area contributed by atoms with Crippen molar-refractivity contribution in [1.82, 2.24) is 15.0 Å². The van der Waals surface area contributed by atoms with Crippen molar-refractivity contribution < 1.29 is 4.42 Å². The lowest BCUT2D eigenvalue weighted by atomic mass is 9.96. The lowest BCUT2D eigenvalue weighted by Gasteiger charge is -2.11. The summed E-state index contributed by atoms with van der Waals surface area (Å²) in [5.41, 5.74) is 8.87. The Hall–Kier alpha value is -6.43. The maximum absolute atomic E-state index is 6.51. The summed E-state index contributed by atoms with van der Waals surface area (Å²) >= 11 is 1.79. The van der Waals surface area contributed by atoms with E-state index in [9.17, 15) is 0 Å². The molecule has 0 unspecified atom stereocenters. The second kappa shape index (κ2) is 11.6. The van der Waals surface area contributed by atoms with Crippen LogP contribution in [0, 0.1) is 0 Å². The predicted molar refractivity (Wildman–Crippen MR) is 207 cm³/mol.